The molecule has 2 atom stereocenters. The van der Waals surface area contributed by atoms with Gasteiger partial charge in [-0.1, -0.05) is 29.8 Å². The Kier molecular flexibility index (Phi) is 2.54. The van der Waals surface area contributed by atoms with E-state index in [2.05, 4.69) is 31.2 Å². The Morgan fingerprint density at radius 1 is 1.43 bits per heavy atom. The average molecular weight is 210 g/mol. The van der Waals surface area contributed by atoms with Crippen molar-refractivity contribution in [2.24, 2.45) is 11.7 Å². The van der Waals surface area contributed by atoms with Crippen LogP contribution in [0.3, 0.4) is 0 Å². The first-order valence-corrected chi connectivity index (χ1v) is 5.59. The Hall–Kier alpha value is -0.530. The van der Waals surface area contributed by atoms with E-state index < -0.39 is 0 Å². The molecular weight excluding hydrogens is 194 g/mol. The molecule has 0 bridgehead atoms. The van der Waals surface area contributed by atoms with Gasteiger partial charge in [0.2, 0.25) is 0 Å². The van der Waals surface area contributed by atoms with Gasteiger partial charge in [0.1, 0.15) is 0 Å². The Labute approximate surface area is 90.3 Å². The molecule has 0 spiro atoms. The van der Waals surface area contributed by atoms with Gasteiger partial charge < -0.3 is 5.73 Å². The van der Waals surface area contributed by atoms with Crippen LogP contribution in [0.15, 0.2) is 24.3 Å². The second-order valence-electron chi connectivity index (χ2n) is 4.28. The third kappa shape index (κ3) is 1.45. The molecule has 0 saturated heterocycles. The topological polar surface area (TPSA) is 26.0 Å². The lowest BCUT2D eigenvalue weighted by molar-refractivity contribution is 0.644. The standard InChI is InChI=1S/C12H16ClN/c1-9-2-4-10(5-3-9)12(8-14)6-11(12)7-13/h2-5,11H,6-8,14H2,1H3/t11-,12+/m1/s1. The number of nitrogens with two attached hydrogens (primary N) is 1. The van der Waals surface area contributed by atoms with Crippen molar-refractivity contribution < 1.29 is 0 Å². The minimum absolute atomic E-state index is 0.190. The third-order valence-corrected chi connectivity index (χ3v) is 3.78. The molecule has 1 aromatic carbocycles. The van der Waals surface area contributed by atoms with Gasteiger partial charge >= 0.3 is 0 Å². The van der Waals surface area contributed by atoms with E-state index in [1.54, 1.807) is 0 Å². The van der Waals surface area contributed by atoms with Gasteiger partial charge in [-0.25, -0.2) is 0 Å². The summed E-state index contributed by atoms with van der Waals surface area (Å²) in [5, 5.41) is 0. The fraction of sp³-hybridized carbons (Fsp3) is 0.500. The van der Waals surface area contributed by atoms with E-state index in [4.69, 9.17) is 17.3 Å². The zero-order valence-corrected chi connectivity index (χ0v) is 9.22. The first kappa shape index (κ1) is 10.0. The fourth-order valence-electron chi connectivity index (χ4n) is 2.19. The number of halogens is 1. The van der Waals surface area contributed by atoms with Gasteiger partial charge in [0.15, 0.2) is 0 Å². The number of rotatable bonds is 3. The van der Waals surface area contributed by atoms with Crippen LogP contribution in [0, 0.1) is 12.8 Å². The molecule has 2 heteroatoms. The lowest BCUT2D eigenvalue weighted by Gasteiger charge is -2.15. The van der Waals surface area contributed by atoms with Gasteiger partial charge in [0, 0.05) is 17.8 Å². The highest BCUT2D eigenvalue weighted by molar-refractivity contribution is 6.18. The summed E-state index contributed by atoms with van der Waals surface area (Å²) >= 11 is 5.89. The van der Waals surface area contributed by atoms with Crippen LogP contribution in [0.4, 0.5) is 0 Å². The van der Waals surface area contributed by atoms with E-state index in [0.29, 0.717) is 12.5 Å². The van der Waals surface area contributed by atoms with Crippen molar-refractivity contribution in [1.82, 2.24) is 0 Å². The van der Waals surface area contributed by atoms with Crippen LogP contribution in [0.5, 0.6) is 0 Å². The maximum absolute atomic E-state index is 5.89. The van der Waals surface area contributed by atoms with E-state index in [-0.39, 0.29) is 5.41 Å². The molecule has 0 unspecified atom stereocenters. The van der Waals surface area contributed by atoms with Crippen LogP contribution in [-0.4, -0.2) is 12.4 Å². The number of aryl methyl sites for hydroxylation is 1. The van der Waals surface area contributed by atoms with Crippen molar-refractivity contribution >= 4 is 11.6 Å². The van der Waals surface area contributed by atoms with Crippen LogP contribution in [0.1, 0.15) is 17.5 Å². The van der Waals surface area contributed by atoms with Crippen LogP contribution in [0.25, 0.3) is 0 Å². The van der Waals surface area contributed by atoms with Crippen molar-refractivity contribution in [1.29, 1.82) is 0 Å². The summed E-state index contributed by atoms with van der Waals surface area (Å²) in [6, 6.07) is 8.68. The third-order valence-electron chi connectivity index (χ3n) is 3.41. The predicted octanol–water partition coefficient (Wildman–Crippen LogP) is 2.45. The fourth-order valence-corrected chi connectivity index (χ4v) is 2.59. The predicted molar refractivity (Wildman–Crippen MR) is 60.7 cm³/mol. The highest BCUT2D eigenvalue weighted by Gasteiger charge is 2.53. The number of alkyl halides is 1. The van der Waals surface area contributed by atoms with E-state index in [0.717, 1.165) is 12.3 Å². The van der Waals surface area contributed by atoms with Gasteiger partial charge in [0.25, 0.3) is 0 Å². The molecule has 1 aromatic rings. The van der Waals surface area contributed by atoms with Gasteiger partial charge in [-0.2, -0.15) is 0 Å². The Balaban J connectivity index is 2.26. The van der Waals surface area contributed by atoms with Gasteiger partial charge in [-0.05, 0) is 24.8 Å². The molecule has 1 aliphatic rings. The zero-order chi connectivity index (χ0) is 10.2. The molecule has 0 amide bonds. The van der Waals surface area contributed by atoms with Crippen molar-refractivity contribution in [2.45, 2.75) is 18.8 Å². The van der Waals surface area contributed by atoms with Crippen LogP contribution >= 0.6 is 11.6 Å². The van der Waals surface area contributed by atoms with Gasteiger partial charge in [-0.15, -0.1) is 11.6 Å². The molecule has 2 rings (SSSR count). The first-order valence-electron chi connectivity index (χ1n) is 5.06. The summed E-state index contributed by atoms with van der Waals surface area (Å²) in [6.07, 6.45) is 1.15. The van der Waals surface area contributed by atoms with Crippen molar-refractivity contribution in [3.05, 3.63) is 35.4 Å². The summed E-state index contributed by atoms with van der Waals surface area (Å²) in [5.41, 5.74) is 8.69. The second kappa shape index (κ2) is 3.56. The maximum atomic E-state index is 5.89. The summed E-state index contributed by atoms with van der Waals surface area (Å²) in [5.74, 6) is 1.31. The van der Waals surface area contributed by atoms with Crippen molar-refractivity contribution in [2.75, 3.05) is 12.4 Å². The minimum Gasteiger partial charge on any atom is -0.330 e. The van der Waals surface area contributed by atoms with E-state index in [9.17, 15) is 0 Å². The number of hydrogen-bond acceptors (Lipinski definition) is 1. The summed E-state index contributed by atoms with van der Waals surface area (Å²) in [4.78, 5) is 0. The molecule has 1 fully saturated rings. The van der Waals surface area contributed by atoms with Crippen molar-refractivity contribution in [3.63, 3.8) is 0 Å². The largest absolute Gasteiger partial charge is 0.330 e. The highest BCUT2D eigenvalue weighted by Crippen LogP contribution is 2.53. The molecule has 14 heavy (non-hydrogen) atoms. The molecular formula is C12H16ClN. The molecule has 0 aromatic heterocycles. The molecule has 1 aliphatic carbocycles. The SMILES string of the molecule is Cc1ccc([C@@]2(CN)C[C@@H]2CCl)cc1. The summed E-state index contributed by atoms with van der Waals surface area (Å²) < 4.78 is 0. The number of benzene rings is 1. The Morgan fingerprint density at radius 3 is 2.50 bits per heavy atom. The Morgan fingerprint density at radius 2 is 2.07 bits per heavy atom. The molecule has 1 saturated carbocycles. The molecule has 0 aliphatic heterocycles. The van der Waals surface area contributed by atoms with Crippen LogP contribution in [0.2, 0.25) is 0 Å². The molecule has 2 N–H and O–H groups in total. The molecule has 0 radical (unpaired) electrons. The molecule has 1 nitrogen and oxygen atoms in total. The molecule has 76 valence electrons. The monoisotopic (exact) mass is 209 g/mol. The lowest BCUT2D eigenvalue weighted by Crippen LogP contribution is -2.22. The lowest BCUT2D eigenvalue weighted by atomic mass is 9.93. The number of hydrogen-bond donors (Lipinski definition) is 1. The van der Waals surface area contributed by atoms with Crippen molar-refractivity contribution in [3.8, 4) is 0 Å². The smallest absolute Gasteiger partial charge is 0.0261 e. The van der Waals surface area contributed by atoms with E-state index in [1.807, 2.05) is 0 Å². The van der Waals surface area contributed by atoms with Crippen LogP contribution in [-0.2, 0) is 5.41 Å². The average Bonchev–Trinajstić information content (AvgIpc) is 2.94. The summed E-state index contributed by atoms with van der Waals surface area (Å²) in [6.45, 7) is 2.82. The summed E-state index contributed by atoms with van der Waals surface area (Å²) in [7, 11) is 0. The molecule has 0 heterocycles. The Bertz CT molecular complexity index is 320. The quantitative estimate of drug-likeness (QED) is 0.761. The maximum Gasteiger partial charge on any atom is 0.0261 e. The minimum atomic E-state index is 0.190. The highest BCUT2D eigenvalue weighted by atomic mass is 35.5. The van der Waals surface area contributed by atoms with Gasteiger partial charge in [0.05, 0.1) is 0 Å². The van der Waals surface area contributed by atoms with Gasteiger partial charge in [-0.3, -0.25) is 0 Å². The first-order chi connectivity index (χ1) is 6.73. The van der Waals surface area contributed by atoms with E-state index >= 15 is 0 Å². The zero-order valence-electron chi connectivity index (χ0n) is 8.46. The van der Waals surface area contributed by atoms with E-state index in [1.165, 1.54) is 11.1 Å². The normalized spacial score (nSPS) is 30.4. The second-order valence-corrected chi connectivity index (χ2v) is 4.59. The van der Waals surface area contributed by atoms with Crippen LogP contribution < -0.4 is 5.73 Å².